The van der Waals surface area contributed by atoms with Gasteiger partial charge in [-0.05, 0) is 79.6 Å². The van der Waals surface area contributed by atoms with Gasteiger partial charge in [0, 0.05) is 60.3 Å². The number of carbonyl (C=O) groups excluding carboxylic acids is 2. The van der Waals surface area contributed by atoms with Crippen LogP contribution in [0.1, 0.15) is 46.8 Å². The van der Waals surface area contributed by atoms with Gasteiger partial charge in [-0.3, -0.25) is 9.78 Å². The van der Waals surface area contributed by atoms with Crippen LogP contribution >= 0.6 is 11.6 Å². The minimum absolute atomic E-state index is 0.0604. The Balaban J connectivity index is 0.000000507. The van der Waals surface area contributed by atoms with E-state index < -0.39 is 6.09 Å². The number of carbonyl (C=O) groups is 2. The molecule has 1 aromatic heterocycles. The summed E-state index contributed by atoms with van der Waals surface area (Å²) in [7, 11) is 3.20. The summed E-state index contributed by atoms with van der Waals surface area (Å²) < 4.78 is 4.19. The highest BCUT2D eigenvalue weighted by atomic mass is 35.5. The lowest BCUT2D eigenvalue weighted by Crippen LogP contribution is -2.40. The van der Waals surface area contributed by atoms with Crippen LogP contribution in [-0.2, 0) is 24.1 Å². The Labute approximate surface area is 248 Å². The van der Waals surface area contributed by atoms with Gasteiger partial charge in [-0.25, -0.2) is 4.79 Å². The van der Waals surface area contributed by atoms with E-state index in [1.807, 2.05) is 60.7 Å². The predicted octanol–water partition coefficient (Wildman–Crippen LogP) is 5.11. The molecular formula is C32H41ClN4O4. The SMILES string of the molecule is CCc1cncc(-c2c(Cl)cccc2CC2CCCN(C(=O)c3ccc(CNC)cc3)C2)c1.COC(=O)NCCO. The molecule has 1 unspecified atom stereocenters. The maximum Gasteiger partial charge on any atom is 0.406 e. The number of aliphatic hydroxyl groups excluding tert-OH is 1. The number of ether oxygens (including phenoxy) is 1. The highest BCUT2D eigenvalue weighted by Gasteiger charge is 2.26. The van der Waals surface area contributed by atoms with E-state index in [-0.39, 0.29) is 19.1 Å². The van der Waals surface area contributed by atoms with Crippen molar-refractivity contribution < 1.29 is 19.4 Å². The first-order valence-corrected chi connectivity index (χ1v) is 14.4. The largest absolute Gasteiger partial charge is 0.453 e. The smallest absolute Gasteiger partial charge is 0.406 e. The number of benzene rings is 2. The van der Waals surface area contributed by atoms with Gasteiger partial charge in [-0.15, -0.1) is 0 Å². The zero-order valence-electron chi connectivity index (χ0n) is 24.2. The first-order valence-electron chi connectivity index (χ1n) is 14.1. The van der Waals surface area contributed by atoms with Crippen molar-refractivity contribution in [3.8, 4) is 11.1 Å². The van der Waals surface area contributed by atoms with Crippen LogP contribution in [0, 0.1) is 5.92 Å². The van der Waals surface area contributed by atoms with Crippen LogP contribution in [0.4, 0.5) is 4.79 Å². The summed E-state index contributed by atoms with van der Waals surface area (Å²) in [6.07, 6.45) is 7.28. The van der Waals surface area contributed by atoms with Gasteiger partial charge in [0.1, 0.15) is 0 Å². The molecule has 41 heavy (non-hydrogen) atoms. The van der Waals surface area contributed by atoms with Crippen molar-refractivity contribution in [1.29, 1.82) is 0 Å². The van der Waals surface area contributed by atoms with Crippen molar-refractivity contribution in [2.45, 2.75) is 39.2 Å². The van der Waals surface area contributed by atoms with E-state index >= 15 is 0 Å². The van der Waals surface area contributed by atoms with Gasteiger partial charge in [0.25, 0.3) is 5.91 Å². The Morgan fingerprint density at radius 3 is 2.61 bits per heavy atom. The first kappa shape index (κ1) is 32.1. The molecule has 0 radical (unpaired) electrons. The second-order valence-corrected chi connectivity index (χ2v) is 10.4. The fraction of sp³-hybridized carbons (Fsp3) is 0.406. The molecule has 2 aromatic carbocycles. The van der Waals surface area contributed by atoms with E-state index in [1.54, 1.807) is 0 Å². The van der Waals surface area contributed by atoms with Crippen LogP contribution in [0.15, 0.2) is 60.9 Å². The second-order valence-electron chi connectivity index (χ2n) is 10.0. The number of likely N-dealkylation sites (tertiary alicyclic amines) is 1. The Hall–Kier alpha value is -3.46. The molecule has 0 bridgehead atoms. The molecule has 8 nitrogen and oxygen atoms in total. The van der Waals surface area contributed by atoms with E-state index in [0.29, 0.717) is 5.92 Å². The lowest BCUT2D eigenvalue weighted by molar-refractivity contribution is 0.0673. The van der Waals surface area contributed by atoms with Gasteiger partial charge in [-0.1, -0.05) is 42.8 Å². The van der Waals surface area contributed by atoms with Crippen molar-refractivity contribution in [3.05, 3.63) is 88.2 Å². The fourth-order valence-electron chi connectivity index (χ4n) is 4.99. The third-order valence-electron chi connectivity index (χ3n) is 7.05. The summed E-state index contributed by atoms with van der Waals surface area (Å²) in [5.41, 5.74) is 6.52. The van der Waals surface area contributed by atoms with Gasteiger partial charge in [-0.2, -0.15) is 0 Å². The van der Waals surface area contributed by atoms with Gasteiger partial charge >= 0.3 is 6.09 Å². The van der Waals surface area contributed by atoms with Crippen molar-refractivity contribution in [2.24, 2.45) is 5.92 Å². The Kier molecular flexibility index (Phi) is 13.1. The number of hydrogen-bond donors (Lipinski definition) is 3. The third kappa shape index (κ3) is 9.56. The number of nitrogens with one attached hydrogen (secondary N) is 2. The molecule has 1 saturated heterocycles. The highest BCUT2D eigenvalue weighted by molar-refractivity contribution is 6.33. The molecule has 9 heteroatoms. The standard InChI is InChI=1S/C28H32ClN3O.C4H9NO3/c1-3-20-14-25(18-31-17-20)27-24(7-4-8-26(27)29)15-22-6-5-13-32(19-22)28(33)23-11-9-21(10-12-23)16-30-2;1-8-4(7)5-2-3-6/h4,7-12,14,17-18,22,30H,3,5-6,13,15-16,19H2,1-2H3;6H,2-3H2,1H3,(H,5,7). The monoisotopic (exact) mass is 580 g/mol. The number of methoxy groups -OCH3 is 1. The molecular weight excluding hydrogens is 540 g/mol. The molecule has 4 rings (SSSR count). The molecule has 2 heterocycles. The van der Waals surface area contributed by atoms with Crippen molar-refractivity contribution in [2.75, 3.05) is 40.4 Å². The Bertz CT molecular complexity index is 1270. The maximum absolute atomic E-state index is 13.2. The third-order valence-corrected chi connectivity index (χ3v) is 7.37. The van der Waals surface area contributed by atoms with Gasteiger partial charge in [0.2, 0.25) is 0 Å². The Morgan fingerprint density at radius 1 is 1.15 bits per heavy atom. The lowest BCUT2D eigenvalue weighted by Gasteiger charge is -2.33. The number of halogens is 1. The first-order chi connectivity index (χ1) is 19.9. The molecule has 3 aromatic rings. The number of rotatable bonds is 9. The number of amides is 2. The second kappa shape index (κ2) is 16.7. The number of aryl methyl sites for hydroxylation is 1. The van der Waals surface area contributed by atoms with Crippen LogP contribution in [0.5, 0.6) is 0 Å². The van der Waals surface area contributed by atoms with Crippen molar-refractivity contribution >= 4 is 23.6 Å². The number of nitrogens with zero attached hydrogens (tertiary/aromatic N) is 2. The van der Waals surface area contributed by atoms with Crippen LogP contribution in [0.2, 0.25) is 5.02 Å². The maximum atomic E-state index is 13.2. The number of piperidine rings is 1. The van der Waals surface area contributed by atoms with Gasteiger partial charge in [0.15, 0.2) is 0 Å². The quantitative estimate of drug-likeness (QED) is 0.325. The summed E-state index contributed by atoms with van der Waals surface area (Å²) >= 11 is 6.67. The molecule has 1 fully saturated rings. The summed E-state index contributed by atoms with van der Waals surface area (Å²) in [6, 6.07) is 16.3. The lowest BCUT2D eigenvalue weighted by atomic mass is 9.87. The minimum atomic E-state index is -0.515. The molecule has 0 aliphatic carbocycles. The molecule has 2 amide bonds. The average Bonchev–Trinajstić information content (AvgIpc) is 3.00. The van der Waals surface area contributed by atoms with Gasteiger partial charge in [0.05, 0.1) is 13.7 Å². The number of aliphatic hydroxyl groups is 1. The molecule has 0 saturated carbocycles. The zero-order chi connectivity index (χ0) is 29.6. The molecule has 1 aliphatic rings. The van der Waals surface area contributed by atoms with E-state index in [9.17, 15) is 9.59 Å². The predicted molar refractivity (Wildman–Crippen MR) is 163 cm³/mol. The molecule has 1 aliphatic heterocycles. The normalized spacial score (nSPS) is 14.6. The molecule has 0 spiro atoms. The van der Waals surface area contributed by atoms with E-state index in [4.69, 9.17) is 16.7 Å². The topological polar surface area (TPSA) is 104 Å². The number of alkyl carbamates (subject to hydrolysis) is 1. The summed E-state index contributed by atoms with van der Waals surface area (Å²) in [5.74, 6) is 0.535. The van der Waals surface area contributed by atoms with E-state index in [1.165, 1.54) is 23.8 Å². The number of hydrogen-bond acceptors (Lipinski definition) is 6. The number of pyridine rings is 1. The molecule has 3 N–H and O–H groups in total. The zero-order valence-corrected chi connectivity index (χ0v) is 24.9. The van der Waals surface area contributed by atoms with E-state index in [0.717, 1.165) is 67.0 Å². The van der Waals surface area contributed by atoms with Crippen molar-refractivity contribution in [3.63, 3.8) is 0 Å². The molecule has 1 atom stereocenters. The van der Waals surface area contributed by atoms with Crippen molar-refractivity contribution in [1.82, 2.24) is 20.5 Å². The van der Waals surface area contributed by atoms with Crippen LogP contribution < -0.4 is 10.6 Å². The van der Waals surface area contributed by atoms with Crippen LogP contribution in [0.25, 0.3) is 11.1 Å². The summed E-state index contributed by atoms with van der Waals surface area (Å²) in [5, 5.41) is 14.3. The Morgan fingerprint density at radius 2 is 1.93 bits per heavy atom. The number of aromatic nitrogens is 1. The minimum Gasteiger partial charge on any atom is -0.453 e. The highest BCUT2D eigenvalue weighted by Crippen LogP contribution is 2.34. The van der Waals surface area contributed by atoms with Crippen LogP contribution in [0.3, 0.4) is 0 Å². The van der Waals surface area contributed by atoms with Crippen LogP contribution in [-0.4, -0.2) is 67.4 Å². The average molecular weight is 581 g/mol. The van der Waals surface area contributed by atoms with E-state index in [2.05, 4.69) is 39.4 Å². The summed E-state index contributed by atoms with van der Waals surface area (Å²) in [4.78, 5) is 29.7. The van der Waals surface area contributed by atoms with Gasteiger partial charge < -0.3 is 25.4 Å². The molecule has 220 valence electrons. The summed E-state index contributed by atoms with van der Waals surface area (Å²) in [6.45, 7) is 4.71. The fourth-order valence-corrected chi connectivity index (χ4v) is 5.29.